The summed E-state index contributed by atoms with van der Waals surface area (Å²) in [6, 6.07) is 0. The maximum Gasteiger partial charge on any atom is 0.306 e. The maximum atomic E-state index is 11.1. The van der Waals surface area contributed by atoms with Crippen LogP contribution in [0.5, 0.6) is 0 Å². The quantitative estimate of drug-likeness (QED) is 0.421. The van der Waals surface area contributed by atoms with Crippen LogP contribution in [-0.4, -0.2) is 36.7 Å². The number of ether oxygens (including phenoxy) is 1. The number of esters is 1. The molecule has 0 aliphatic rings. The Labute approximate surface area is 115 Å². The second-order valence-corrected chi connectivity index (χ2v) is 4.73. The van der Waals surface area contributed by atoms with E-state index in [1.807, 2.05) is 0 Å². The van der Waals surface area contributed by atoms with Gasteiger partial charge in [-0.25, -0.2) is 0 Å². The molecule has 0 rings (SSSR count). The predicted octanol–water partition coefficient (Wildman–Crippen LogP) is 2.20. The van der Waals surface area contributed by atoms with Gasteiger partial charge < -0.3 is 15.2 Å². The third kappa shape index (κ3) is 11.7. The van der Waals surface area contributed by atoms with Crippen LogP contribution in [0.1, 0.15) is 52.4 Å². The Morgan fingerprint density at radius 3 is 2.58 bits per heavy atom. The van der Waals surface area contributed by atoms with Crippen LogP contribution in [0.25, 0.3) is 0 Å². The maximum absolute atomic E-state index is 11.1. The Hall–Kier alpha value is -1.10. The highest BCUT2D eigenvalue weighted by Gasteiger charge is 2.07. The van der Waals surface area contributed by atoms with E-state index in [9.17, 15) is 9.59 Å². The molecule has 5 heteroatoms. The summed E-state index contributed by atoms with van der Waals surface area (Å²) in [6.45, 7) is 6.26. The number of nitrogens with one attached hydrogen (secondary N) is 1. The number of carbonyl (C=O) groups is 2. The van der Waals surface area contributed by atoms with Crippen LogP contribution in [0.2, 0.25) is 0 Å². The molecule has 0 heterocycles. The van der Waals surface area contributed by atoms with Crippen molar-refractivity contribution in [2.45, 2.75) is 52.4 Å². The molecule has 1 atom stereocenters. The topological polar surface area (TPSA) is 75.6 Å². The van der Waals surface area contributed by atoms with Gasteiger partial charge in [0.1, 0.15) is 6.61 Å². The smallest absolute Gasteiger partial charge is 0.306 e. The van der Waals surface area contributed by atoms with Crippen LogP contribution in [0, 0.1) is 5.92 Å². The second kappa shape index (κ2) is 12.0. The highest BCUT2D eigenvalue weighted by molar-refractivity contribution is 5.76. The minimum Gasteiger partial charge on any atom is -0.481 e. The summed E-state index contributed by atoms with van der Waals surface area (Å²) in [6.07, 6.45) is 4.65. The van der Waals surface area contributed by atoms with Gasteiger partial charge in [0.05, 0.1) is 12.8 Å². The molecule has 0 saturated carbocycles. The summed E-state index contributed by atoms with van der Waals surface area (Å²) >= 11 is 0. The van der Waals surface area contributed by atoms with Gasteiger partial charge in [-0.2, -0.15) is 0 Å². The Morgan fingerprint density at radius 2 is 2.00 bits per heavy atom. The van der Waals surface area contributed by atoms with E-state index in [0.717, 1.165) is 13.0 Å². The number of carbonyl (C=O) groups excluding carboxylic acids is 1. The molecule has 2 N–H and O–H groups in total. The van der Waals surface area contributed by atoms with Gasteiger partial charge in [0, 0.05) is 6.54 Å². The van der Waals surface area contributed by atoms with E-state index in [-0.39, 0.29) is 12.8 Å². The molecular formula is C14H27NO4. The van der Waals surface area contributed by atoms with Crippen LogP contribution < -0.4 is 5.32 Å². The molecule has 0 radical (unpaired) electrons. The molecule has 0 aromatic carbocycles. The zero-order valence-electron chi connectivity index (χ0n) is 12.1. The predicted molar refractivity (Wildman–Crippen MR) is 74.0 cm³/mol. The lowest BCUT2D eigenvalue weighted by atomic mass is 9.99. The van der Waals surface area contributed by atoms with E-state index in [2.05, 4.69) is 19.2 Å². The van der Waals surface area contributed by atoms with Gasteiger partial charge in [-0.15, -0.1) is 0 Å². The number of hydrogen-bond donors (Lipinski definition) is 2. The normalized spacial score (nSPS) is 12.1. The number of hydrogen-bond acceptors (Lipinski definition) is 4. The third-order valence-corrected chi connectivity index (χ3v) is 3.06. The molecule has 5 nitrogen and oxygen atoms in total. The molecule has 0 aliphatic heterocycles. The summed E-state index contributed by atoms with van der Waals surface area (Å²) in [5.74, 6) is -0.735. The molecule has 0 bridgehead atoms. The molecule has 0 spiro atoms. The first-order valence-electron chi connectivity index (χ1n) is 7.18. The monoisotopic (exact) mass is 273 g/mol. The fraction of sp³-hybridized carbons (Fsp3) is 0.857. The van der Waals surface area contributed by atoms with Gasteiger partial charge in [0.25, 0.3) is 0 Å². The van der Waals surface area contributed by atoms with Crippen molar-refractivity contribution < 1.29 is 19.4 Å². The molecule has 1 unspecified atom stereocenters. The number of rotatable bonds is 12. The SMILES string of the molecule is CCCCC(CC)CNCCOC(=O)CCC(=O)O. The van der Waals surface area contributed by atoms with Gasteiger partial charge in [-0.3, -0.25) is 9.59 Å². The minimum absolute atomic E-state index is 0.0522. The standard InChI is InChI=1S/C14H27NO4/c1-3-5-6-12(4-2)11-15-9-10-19-14(18)8-7-13(16)17/h12,15H,3-11H2,1-2H3,(H,16,17). The first-order valence-corrected chi connectivity index (χ1v) is 7.18. The van der Waals surface area contributed by atoms with E-state index in [1.165, 1.54) is 19.3 Å². The Morgan fingerprint density at radius 1 is 1.26 bits per heavy atom. The van der Waals surface area contributed by atoms with Crippen molar-refractivity contribution in [1.82, 2.24) is 5.32 Å². The average Bonchev–Trinajstić information content (AvgIpc) is 2.39. The van der Waals surface area contributed by atoms with E-state index in [1.54, 1.807) is 0 Å². The third-order valence-electron chi connectivity index (χ3n) is 3.06. The zero-order chi connectivity index (χ0) is 14.5. The van der Waals surface area contributed by atoms with Crippen molar-refractivity contribution >= 4 is 11.9 Å². The lowest BCUT2D eigenvalue weighted by Crippen LogP contribution is -2.27. The van der Waals surface area contributed by atoms with E-state index < -0.39 is 11.9 Å². The van der Waals surface area contributed by atoms with Crippen molar-refractivity contribution in [2.75, 3.05) is 19.7 Å². The molecule has 0 aliphatic carbocycles. The summed E-state index contributed by atoms with van der Waals surface area (Å²) in [7, 11) is 0. The fourth-order valence-electron chi connectivity index (χ4n) is 1.77. The first kappa shape index (κ1) is 17.9. The molecule has 112 valence electrons. The molecule has 19 heavy (non-hydrogen) atoms. The number of unbranched alkanes of at least 4 members (excludes halogenated alkanes) is 1. The first-order chi connectivity index (χ1) is 9.10. The van der Waals surface area contributed by atoms with Crippen molar-refractivity contribution in [3.8, 4) is 0 Å². The van der Waals surface area contributed by atoms with E-state index >= 15 is 0 Å². The van der Waals surface area contributed by atoms with Crippen LogP contribution >= 0.6 is 0 Å². The number of carboxylic acid groups (broad SMARTS) is 1. The number of carboxylic acids is 1. The van der Waals surface area contributed by atoms with Gasteiger partial charge in [0.15, 0.2) is 0 Å². The lowest BCUT2D eigenvalue weighted by molar-refractivity contribution is -0.147. The second-order valence-electron chi connectivity index (χ2n) is 4.73. The minimum atomic E-state index is -0.975. The van der Waals surface area contributed by atoms with Gasteiger partial charge >= 0.3 is 11.9 Å². The highest BCUT2D eigenvalue weighted by Crippen LogP contribution is 2.10. The van der Waals surface area contributed by atoms with Gasteiger partial charge in [0.2, 0.25) is 0 Å². The lowest BCUT2D eigenvalue weighted by Gasteiger charge is -2.15. The van der Waals surface area contributed by atoms with Crippen molar-refractivity contribution in [3.63, 3.8) is 0 Å². The fourth-order valence-corrected chi connectivity index (χ4v) is 1.77. The van der Waals surface area contributed by atoms with Crippen molar-refractivity contribution in [1.29, 1.82) is 0 Å². The summed E-state index contributed by atoms with van der Waals surface area (Å²) in [4.78, 5) is 21.4. The largest absolute Gasteiger partial charge is 0.481 e. The zero-order valence-corrected chi connectivity index (χ0v) is 12.1. The Bertz CT molecular complexity index is 256. The molecular weight excluding hydrogens is 246 g/mol. The van der Waals surface area contributed by atoms with Crippen molar-refractivity contribution in [2.24, 2.45) is 5.92 Å². The average molecular weight is 273 g/mol. The van der Waals surface area contributed by atoms with Crippen LogP contribution in [0.4, 0.5) is 0 Å². The summed E-state index contributed by atoms with van der Waals surface area (Å²) < 4.78 is 4.92. The van der Waals surface area contributed by atoms with Crippen LogP contribution in [0.15, 0.2) is 0 Å². The van der Waals surface area contributed by atoms with Crippen molar-refractivity contribution in [3.05, 3.63) is 0 Å². The summed E-state index contributed by atoms with van der Waals surface area (Å²) in [5, 5.41) is 11.7. The van der Waals surface area contributed by atoms with Gasteiger partial charge in [-0.1, -0.05) is 33.1 Å². The number of aliphatic carboxylic acids is 1. The molecule has 0 fully saturated rings. The Balaban J connectivity index is 3.47. The van der Waals surface area contributed by atoms with Crippen LogP contribution in [0.3, 0.4) is 0 Å². The molecule has 0 amide bonds. The van der Waals surface area contributed by atoms with E-state index in [0.29, 0.717) is 19.1 Å². The molecule has 0 aromatic heterocycles. The molecule has 0 aromatic rings. The Kier molecular flexibility index (Phi) is 11.3. The summed E-state index contributed by atoms with van der Waals surface area (Å²) in [5.41, 5.74) is 0. The van der Waals surface area contributed by atoms with Crippen LogP contribution in [-0.2, 0) is 14.3 Å². The van der Waals surface area contributed by atoms with E-state index in [4.69, 9.17) is 9.84 Å². The van der Waals surface area contributed by atoms with Gasteiger partial charge in [-0.05, 0) is 18.9 Å². The molecule has 0 saturated heterocycles. The highest BCUT2D eigenvalue weighted by atomic mass is 16.5.